The minimum absolute atomic E-state index is 0.0411. The predicted octanol–water partition coefficient (Wildman–Crippen LogP) is 0.0390. The van der Waals surface area contributed by atoms with E-state index in [-0.39, 0.29) is 24.9 Å². The van der Waals surface area contributed by atoms with Gasteiger partial charge in [-0.1, -0.05) is 0 Å². The van der Waals surface area contributed by atoms with Crippen molar-refractivity contribution in [2.75, 3.05) is 6.54 Å². The Morgan fingerprint density at radius 1 is 1.15 bits per heavy atom. The zero-order valence-corrected chi connectivity index (χ0v) is 15.7. The molecule has 0 spiro atoms. The van der Waals surface area contributed by atoms with E-state index < -0.39 is 29.7 Å². The van der Waals surface area contributed by atoms with Crippen LogP contribution in [0, 0.1) is 12.3 Å². The van der Waals surface area contributed by atoms with Gasteiger partial charge >= 0.3 is 5.97 Å². The molecule has 0 rings (SSSR count). The second kappa shape index (κ2) is 12.9. The molecule has 0 aromatic carbocycles. The van der Waals surface area contributed by atoms with Crippen LogP contribution in [0.25, 0.3) is 0 Å². The molecular formula is C18H29N3O5. The number of hydrogen-bond acceptors (Lipinski definition) is 6. The van der Waals surface area contributed by atoms with Gasteiger partial charge in [-0.3, -0.25) is 14.4 Å². The van der Waals surface area contributed by atoms with E-state index in [1.54, 1.807) is 13.8 Å². The van der Waals surface area contributed by atoms with Crippen molar-refractivity contribution < 1.29 is 23.9 Å². The van der Waals surface area contributed by atoms with Gasteiger partial charge in [0.15, 0.2) is 0 Å². The van der Waals surface area contributed by atoms with Crippen LogP contribution in [0.1, 0.15) is 52.9 Å². The normalized spacial score (nSPS) is 12.6. The number of nitrogens with one attached hydrogen (secondary N) is 2. The van der Waals surface area contributed by atoms with E-state index >= 15 is 0 Å². The Kier molecular flexibility index (Phi) is 11.7. The summed E-state index contributed by atoms with van der Waals surface area (Å²) in [4.78, 5) is 46.3. The summed E-state index contributed by atoms with van der Waals surface area (Å²) in [5, 5.41) is 5.19. The highest BCUT2D eigenvalue weighted by Gasteiger charge is 2.26. The van der Waals surface area contributed by atoms with Crippen LogP contribution < -0.4 is 16.4 Å². The molecule has 2 amide bonds. The highest BCUT2D eigenvalue weighted by molar-refractivity contribution is 5.95. The standard InChI is InChI=1S/C18H29N3O5/c1-5-14(23)9-10-16(18(25)26-12(2)3)21-17(24)15(19)8-6-7-11-20-13(4)22/h1,12,15-16H,6-11,19H2,2-4H3,(H,20,22)(H,21,24)/t15-,16-/m0/s1. The Balaban J connectivity index is 4.53. The van der Waals surface area contributed by atoms with Crippen LogP contribution in [0.2, 0.25) is 0 Å². The summed E-state index contributed by atoms with van der Waals surface area (Å²) < 4.78 is 5.10. The van der Waals surface area contributed by atoms with Crippen molar-refractivity contribution in [1.82, 2.24) is 10.6 Å². The number of carbonyl (C=O) groups excluding carboxylic acids is 4. The number of ketones is 1. The van der Waals surface area contributed by atoms with Gasteiger partial charge in [0.05, 0.1) is 12.1 Å². The number of amides is 2. The van der Waals surface area contributed by atoms with Gasteiger partial charge in [0.2, 0.25) is 17.6 Å². The summed E-state index contributed by atoms with van der Waals surface area (Å²) in [6.45, 7) is 5.32. The second-order valence-electron chi connectivity index (χ2n) is 6.24. The van der Waals surface area contributed by atoms with Crippen molar-refractivity contribution >= 4 is 23.6 Å². The van der Waals surface area contributed by atoms with Gasteiger partial charge in [0, 0.05) is 19.9 Å². The molecule has 0 unspecified atom stereocenters. The maximum atomic E-state index is 12.2. The number of rotatable bonds is 12. The molecule has 0 aromatic heterocycles. The van der Waals surface area contributed by atoms with E-state index in [1.165, 1.54) is 6.92 Å². The summed E-state index contributed by atoms with van der Waals surface area (Å²) in [6, 6.07) is -1.78. The highest BCUT2D eigenvalue weighted by atomic mass is 16.5. The summed E-state index contributed by atoms with van der Waals surface area (Å²) in [7, 11) is 0. The van der Waals surface area contributed by atoms with Crippen LogP contribution in [0.5, 0.6) is 0 Å². The average Bonchev–Trinajstić information content (AvgIpc) is 2.56. The van der Waals surface area contributed by atoms with Crippen LogP contribution in [0.15, 0.2) is 0 Å². The molecule has 0 fully saturated rings. The Labute approximate surface area is 154 Å². The molecule has 0 heterocycles. The van der Waals surface area contributed by atoms with Gasteiger partial charge in [-0.25, -0.2) is 4.79 Å². The molecule has 0 aliphatic heterocycles. The van der Waals surface area contributed by atoms with Crippen LogP contribution in [-0.4, -0.2) is 48.3 Å². The van der Waals surface area contributed by atoms with E-state index in [0.717, 1.165) is 0 Å². The first-order valence-electron chi connectivity index (χ1n) is 8.67. The lowest BCUT2D eigenvalue weighted by atomic mass is 10.1. The van der Waals surface area contributed by atoms with E-state index in [2.05, 4.69) is 10.6 Å². The Morgan fingerprint density at radius 3 is 2.35 bits per heavy atom. The monoisotopic (exact) mass is 367 g/mol. The van der Waals surface area contributed by atoms with Crippen molar-refractivity contribution in [3.05, 3.63) is 0 Å². The van der Waals surface area contributed by atoms with Crippen molar-refractivity contribution in [3.63, 3.8) is 0 Å². The molecule has 26 heavy (non-hydrogen) atoms. The third-order valence-corrected chi connectivity index (χ3v) is 3.43. The number of terminal acetylenes is 1. The topological polar surface area (TPSA) is 128 Å². The quantitative estimate of drug-likeness (QED) is 0.193. The van der Waals surface area contributed by atoms with Gasteiger partial charge < -0.3 is 21.1 Å². The third-order valence-electron chi connectivity index (χ3n) is 3.43. The molecule has 8 heteroatoms. The van der Waals surface area contributed by atoms with E-state index in [0.29, 0.717) is 25.8 Å². The van der Waals surface area contributed by atoms with Gasteiger partial charge in [0.1, 0.15) is 6.04 Å². The van der Waals surface area contributed by atoms with Crippen LogP contribution >= 0.6 is 0 Å². The fourth-order valence-electron chi connectivity index (χ4n) is 2.07. The number of esters is 1. The zero-order valence-electron chi connectivity index (χ0n) is 15.7. The molecule has 0 bridgehead atoms. The Hall–Kier alpha value is -2.40. The summed E-state index contributed by atoms with van der Waals surface area (Å²) in [6.07, 6.45) is 6.41. The number of nitrogens with two attached hydrogens (primary N) is 1. The number of Topliss-reactive ketones (excluding diaryl/α,β-unsaturated/α-hetero) is 1. The molecule has 0 saturated heterocycles. The fraction of sp³-hybridized carbons (Fsp3) is 0.667. The van der Waals surface area contributed by atoms with Gasteiger partial charge in [-0.15, -0.1) is 6.42 Å². The lowest BCUT2D eigenvalue weighted by Crippen LogP contribution is -2.49. The fourth-order valence-corrected chi connectivity index (χ4v) is 2.07. The molecule has 8 nitrogen and oxygen atoms in total. The van der Waals surface area contributed by atoms with E-state index in [9.17, 15) is 19.2 Å². The molecule has 0 aliphatic rings. The number of ether oxygens (including phenoxy) is 1. The minimum atomic E-state index is -0.979. The van der Waals surface area contributed by atoms with Gasteiger partial charge in [-0.05, 0) is 45.5 Å². The number of carbonyl (C=O) groups is 4. The molecule has 146 valence electrons. The van der Waals surface area contributed by atoms with E-state index in [4.69, 9.17) is 16.9 Å². The summed E-state index contributed by atoms with van der Waals surface area (Å²) >= 11 is 0. The zero-order chi connectivity index (χ0) is 20.1. The molecule has 0 aromatic rings. The number of unbranched alkanes of at least 4 members (excludes halogenated alkanes) is 1. The lowest BCUT2D eigenvalue weighted by Gasteiger charge is -2.20. The first-order valence-corrected chi connectivity index (χ1v) is 8.67. The first kappa shape index (κ1) is 23.6. The van der Waals surface area contributed by atoms with E-state index in [1.807, 2.05) is 5.92 Å². The predicted molar refractivity (Wildman–Crippen MR) is 96.7 cm³/mol. The number of hydrogen-bond donors (Lipinski definition) is 3. The highest BCUT2D eigenvalue weighted by Crippen LogP contribution is 2.05. The maximum Gasteiger partial charge on any atom is 0.328 e. The minimum Gasteiger partial charge on any atom is -0.461 e. The van der Waals surface area contributed by atoms with Crippen molar-refractivity contribution in [2.45, 2.75) is 71.1 Å². The third kappa shape index (κ3) is 11.2. The Morgan fingerprint density at radius 2 is 1.81 bits per heavy atom. The van der Waals surface area contributed by atoms with Crippen molar-refractivity contribution in [2.24, 2.45) is 5.73 Å². The SMILES string of the molecule is C#CC(=O)CC[C@H](NC(=O)[C@@H](N)CCCCNC(C)=O)C(=O)OC(C)C. The van der Waals surface area contributed by atoms with Crippen LogP contribution in [0.3, 0.4) is 0 Å². The summed E-state index contributed by atoms with van der Waals surface area (Å²) in [5.41, 5.74) is 5.84. The second-order valence-corrected chi connectivity index (χ2v) is 6.24. The molecular weight excluding hydrogens is 338 g/mol. The molecule has 4 N–H and O–H groups in total. The molecule has 0 radical (unpaired) electrons. The summed E-state index contributed by atoms with van der Waals surface area (Å²) in [5.74, 6) is 0.274. The van der Waals surface area contributed by atoms with Crippen molar-refractivity contribution in [1.29, 1.82) is 0 Å². The molecule has 0 saturated carbocycles. The van der Waals surface area contributed by atoms with Crippen molar-refractivity contribution in [3.8, 4) is 12.3 Å². The first-order chi connectivity index (χ1) is 12.2. The molecule has 2 atom stereocenters. The maximum absolute atomic E-state index is 12.2. The Bertz CT molecular complexity index is 539. The smallest absolute Gasteiger partial charge is 0.328 e. The van der Waals surface area contributed by atoms with Crippen LogP contribution in [-0.2, 0) is 23.9 Å². The lowest BCUT2D eigenvalue weighted by molar-refractivity contribution is -0.151. The van der Waals surface area contributed by atoms with Crippen LogP contribution in [0.4, 0.5) is 0 Å². The van der Waals surface area contributed by atoms with Gasteiger partial charge in [0.25, 0.3) is 0 Å². The van der Waals surface area contributed by atoms with Gasteiger partial charge in [-0.2, -0.15) is 0 Å². The molecule has 0 aliphatic carbocycles. The average molecular weight is 367 g/mol. The largest absolute Gasteiger partial charge is 0.461 e.